The molecule has 1 saturated heterocycles. The van der Waals surface area contributed by atoms with Crippen LogP contribution in [0.3, 0.4) is 0 Å². The lowest BCUT2D eigenvalue weighted by Gasteiger charge is -2.29. The minimum Gasteiger partial charge on any atom is -0.433 e. The van der Waals surface area contributed by atoms with Gasteiger partial charge in [0.2, 0.25) is 5.91 Å². The van der Waals surface area contributed by atoms with Gasteiger partial charge >= 0.3 is 12.8 Å². The maximum atomic E-state index is 12.9. The average molecular weight is 468 g/mol. The standard InChI is InChI=1S/C18H21F5N4O5/c1-2-26(9-18(21,22)23)14(15(24)29)16(30)25-11-4-3-10(7-12(11)32-17(19)20)27-5-6-31-8-13(27)28/h3-4,7,14,17H,2,5-6,8-9H2,1H3,(H2,24,29)(H,25,30)/t14-/m1/s1. The zero-order valence-corrected chi connectivity index (χ0v) is 16.8. The first-order valence-corrected chi connectivity index (χ1v) is 9.31. The van der Waals surface area contributed by atoms with Crippen LogP contribution in [0.25, 0.3) is 0 Å². The third-order valence-corrected chi connectivity index (χ3v) is 4.41. The summed E-state index contributed by atoms with van der Waals surface area (Å²) in [5.74, 6) is -3.62. The summed E-state index contributed by atoms with van der Waals surface area (Å²) in [6.07, 6.45) is -4.72. The lowest BCUT2D eigenvalue weighted by molar-refractivity contribution is -0.156. The van der Waals surface area contributed by atoms with E-state index in [2.05, 4.69) is 10.1 Å². The Balaban J connectivity index is 2.32. The highest BCUT2D eigenvalue weighted by molar-refractivity contribution is 6.10. The number of anilines is 2. The van der Waals surface area contributed by atoms with Crippen LogP contribution in [-0.4, -0.2) is 74.3 Å². The van der Waals surface area contributed by atoms with Crippen LogP contribution in [0.5, 0.6) is 5.75 Å². The van der Waals surface area contributed by atoms with Crippen molar-refractivity contribution < 1.29 is 45.8 Å². The molecule has 0 aliphatic carbocycles. The number of nitrogens with zero attached hydrogens (tertiary/aromatic N) is 2. The smallest absolute Gasteiger partial charge is 0.401 e. The Morgan fingerprint density at radius 3 is 2.56 bits per heavy atom. The minimum atomic E-state index is -4.72. The third kappa shape index (κ3) is 6.75. The van der Waals surface area contributed by atoms with Crippen LogP contribution in [-0.2, 0) is 19.1 Å². The molecule has 1 heterocycles. The van der Waals surface area contributed by atoms with Crippen molar-refractivity contribution in [2.45, 2.75) is 25.8 Å². The molecular formula is C18H21F5N4O5. The summed E-state index contributed by atoms with van der Waals surface area (Å²) in [6, 6.07) is 1.45. The molecular weight excluding hydrogens is 447 g/mol. The van der Waals surface area contributed by atoms with Gasteiger partial charge in [0.25, 0.3) is 11.8 Å². The van der Waals surface area contributed by atoms with Gasteiger partial charge in [0, 0.05) is 18.3 Å². The fourth-order valence-corrected chi connectivity index (χ4v) is 3.06. The molecule has 178 valence electrons. The number of hydrogen-bond acceptors (Lipinski definition) is 6. The zero-order valence-electron chi connectivity index (χ0n) is 16.8. The van der Waals surface area contributed by atoms with Crippen LogP contribution in [0, 0.1) is 0 Å². The Morgan fingerprint density at radius 1 is 1.34 bits per heavy atom. The number of likely N-dealkylation sites (N-methyl/N-ethyl adjacent to an activating group) is 1. The molecule has 9 nitrogen and oxygen atoms in total. The predicted molar refractivity (Wildman–Crippen MR) is 101 cm³/mol. The Morgan fingerprint density at radius 2 is 2.03 bits per heavy atom. The fourth-order valence-electron chi connectivity index (χ4n) is 3.06. The number of benzene rings is 1. The second-order valence-electron chi connectivity index (χ2n) is 6.63. The van der Waals surface area contributed by atoms with E-state index in [1.807, 2.05) is 0 Å². The molecule has 1 atom stereocenters. The molecule has 32 heavy (non-hydrogen) atoms. The summed E-state index contributed by atoms with van der Waals surface area (Å²) < 4.78 is 73.6. The van der Waals surface area contributed by atoms with Crippen molar-refractivity contribution in [3.05, 3.63) is 18.2 Å². The van der Waals surface area contributed by atoms with Crippen molar-refractivity contribution in [2.75, 3.05) is 43.1 Å². The molecule has 0 spiro atoms. The van der Waals surface area contributed by atoms with Gasteiger partial charge in [0.1, 0.15) is 6.61 Å². The first-order chi connectivity index (χ1) is 14.9. The topological polar surface area (TPSA) is 114 Å². The molecule has 0 radical (unpaired) electrons. The van der Waals surface area contributed by atoms with Crippen molar-refractivity contribution in [1.29, 1.82) is 0 Å². The first-order valence-electron chi connectivity index (χ1n) is 9.31. The number of carbonyl (C=O) groups is 3. The molecule has 1 aliphatic heterocycles. The number of halogens is 5. The van der Waals surface area contributed by atoms with Crippen LogP contribution in [0.15, 0.2) is 18.2 Å². The van der Waals surface area contributed by atoms with Crippen LogP contribution < -0.4 is 20.7 Å². The van der Waals surface area contributed by atoms with Crippen LogP contribution in [0.1, 0.15) is 6.92 Å². The van der Waals surface area contributed by atoms with E-state index in [0.717, 1.165) is 12.1 Å². The highest BCUT2D eigenvalue weighted by atomic mass is 19.4. The molecule has 14 heteroatoms. The van der Waals surface area contributed by atoms with Crippen LogP contribution >= 0.6 is 0 Å². The number of hydrogen-bond donors (Lipinski definition) is 2. The van der Waals surface area contributed by atoms with Crippen molar-refractivity contribution in [3.63, 3.8) is 0 Å². The Labute approximate surface area is 179 Å². The van der Waals surface area contributed by atoms with Gasteiger partial charge in [-0.05, 0) is 18.7 Å². The molecule has 0 saturated carbocycles. The molecule has 3 amide bonds. The summed E-state index contributed by atoms with van der Waals surface area (Å²) in [6.45, 7) is -3.83. The van der Waals surface area contributed by atoms with Gasteiger partial charge in [-0.2, -0.15) is 22.0 Å². The highest BCUT2D eigenvalue weighted by Gasteiger charge is 2.38. The maximum Gasteiger partial charge on any atom is 0.401 e. The Kier molecular flexibility index (Phi) is 8.32. The van der Waals surface area contributed by atoms with Crippen LogP contribution in [0.2, 0.25) is 0 Å². The second-order valence-corrected chi connectivity index (χ2v) is 6.63. The van der Waals surface area contributed by atoms with Gasteiger partial charge < -0.3 is 25.4 Å². The molecule has 1 aromatic carbocycles. The molecule has 0 aromatic heterocycles. The van der Waals surface area contributed by atoms with Gasteiger partial charge in [-0.1, -0.05) is 6.92 Å². The monoisotopic (exact) mass is 468 g/mol. The number of amides is 3. The summed E-state index contributed by atoms with van der Waals surface area (Å²) in [7, 11) is 0. The molecule has 0 unspecified atom stereocenters. The first kappa shape index (κ1) is 25.3. The van der Waals surface area contributed by atoms with E-state index >= 15 is 0 Å². The van der Waals surface area contributed by atoms with E-state index in [-0.39, 0.29) is 37.7 Å². The van der Waals surface area contributed by atoms with Crippen LogP contribution in [0.4, 0.5) is 33.3 Å². The number of rotatable bonds is 9. The van der Waals surface area contributed by atoms with Gasteiger partial charge in [-0.15, -0.1) is 0 Å². The van der Waals surface area contributed by atoms with Gasteiger partial charge in [0.05, 0.1) is 18.8 Å². The van der Waals surface area contributed by atoms with Crippen molar-refractivity contribution in [1.82, 2.24) is 4.90 Å². The quantitative estimate of drug-likeness (QED) is 0.418. The lowest BCUT2D eigenvalue weighted by Crippen LogP contribution is -2.54. The number of ether oxygens (including phenoxy) is 2. The summed E-state index contributed by atoms with van der Waals surface area (Å²) in [5, 5.41) is 2.10. The van der Waals surface area contributed by atoms with Gasteiger partial charge in [-0.25, -0.2) is 0 Å². The van der Waals surface area contributed by atoms with Crippen molar-refractivity contribution >= 4 is 29.1 Å². The third-order valence-electron chi connectivity index (χ3n) is 4.41. The Hall–Kier alpha value is -3.00. The van der Waals surface area contributed by atoms with Gasteiger partial charge in [0.15, 0.2) is 11.8 Å². The lowest BCUT2D eigenvalue weighted by atomic mass is 10.1. The van der Waals surface area contributed by atoms with E-state index in [4.69, 9.17) is 10.5 Å². The van der Waals surface area contributed by atoms with Crippen molar-refractivity contribution in [2.24, 2.45) is 5.73 Å². The minimum absolute atomic E-state index is 0.144. The normalized spacial score (nSPS) is 15.8. The Bertz CT molecular complexity index is 852. The second kappa shape index (κ2) is 10.5. The SMILES string of the molecule is CCN(CC(F)(F)F)[C@H](C(N)=O)C(=O)Nc1ccc(N2CCOCC2=O)cc1OC(F)F. The number of carbonyl (C=O) groups excluding carboxylic acids is 3. The predicted octanol–water partition coefficient (Wildman–Crippen LogP) is 1.33. The zero-order chi connectivity index (χ0) is 24.1. The average Bonchev–Trinajstić information content (AvgIpc) is 2.67. The van der Waals surface area contributed by atoms with E-state index in [0.29, 0.717) is 4.90 Å². The molecule has 3 N–H and O–H groups in total. The van der Waals surface area contributed by atoms with Crippen molar-refractivity contribution in [3.8, 4) is 5.75 Å². The van der Waals surface area contributed by atoms with Gasteiger partial charge in [-0.3, -0.25) is 19.3 Å². The number of alkyl halides is 5. The number of nitrogens with two attached hydrogens (primary N) is 1. The van der Waals surface area contributed by atoms with E-state index in [9.17, 15) is 36.3 Å². The summed E-state index contributed by atoms with van der Waals surface area (Å²) >= 11 is 0. The molecule has 0 bridgehead atoms. The maximum absolute atomic E-state index is 12.9. The largest absolute Gasteiger partial charge is 0.433 e. The molecule has 1 aromatic rings. The fraction of sp³-hybridized carbons (Fsp3) is 0.500. The van der Waals surface area contributed by atoms with E-state index in [1.54, 1.807) is 0 Å². The number of primary amides is 1. The summed E-state index contributed by atoms with van der Waals surface area (Å²) in [5.41, 5.74) is 4.95. The highest BCUT2D eigenvalue weighted by Crippen LogP contribution is 2.32. The number of nitrogens with one attached hydrogen (secondary N) is 1. The summed E-state index contributed by atoms with van der Waals surface area (Å²) in [4.78, 5) is 38.0. The molecule has 1 fully saturated rings. The number of morpholine rings is 1. The molecule has 1 aliphatic rings. The van der Waals surface area contributed by atoms with E-state index < -0.39 is 48.8 Å². The molecule has 2 rings (SSSR count). The van der Waals surface area contributed by atoms with E-state index in [1.165, 1.54) is 17.9 Å².